The second-order valence-corrected chi connectivity index (χ2v) is 6.51. The minimum atomic E-state index is -1.11. The fourth-order valence-electron chi connectivity index (χ4n) is 1.51. The Morgan fingerprint density at radius 3 is 2.72 bits per heavy atom. The van der Waals surface area contributed by atoms with Crippen LogP contribution in [0.15, 0.2) is 53.8 Å². The van der Waals surface area contributed by atoms with Crippen LogP contribution < -0.4 is 4.43 Å². The average molecular weight is 256 g/mol. The summed E-state index contributed by atoms with van der Waals surface area (Å²) >= 11 is 0. The lowest BCUT2D eigenvalue weighted by Gasteiger charge is -2.11. The molecule has 4 heteroatoms. The minimum absolute atomic E-state index is 0.860. The summed E-state index contributed by atoms with van der Waals surface area (Å²) in [5, 5.41) is 0. The van der Waals surface area contributed by atoms with Crippen molar-refractivity contribution in [3.63, 3.8) is 0 Å². The van der Waals surface area contributed by atoms with E-state index < -0.39 is 9.04 Å². The molecule has 0 aliphatic carbocycles. The van der Waals surface area contributed by atoms with Gasteiger partial charge in [0.25, 0.3) is 0 Å². The lowest BCUT2D eigenvalue weighted by atomic mass is 10.3. The van der Waals surface area contributed by atoms with Gasteiger partial charge >= 0.3 is 0 Å². The van der Waals surface area contributed by atoms with E-state index in [9.17, 15) is 0 Å². The molecule has 1 heterocycles. The predicted molar refractivity (Wildman–Crippen MR) is 77.4 cm³/mol. The number of benzene rings is 1. The molecule has 0 unspecified atom stereocenters. The number of hydrogen-bond acceptors (Lipinski definition) is 3. The summed E-state index contributed by atoms with van der Waals surface area (Å²) in [6, 6.07) is 11.7. The number of hydrogen-bond donors (Lipinski definition) is 0. The molecule has 1 aromatic heterocycles. The lowest BCUT2D eigenvalue weighted by molar-refractivity contribution is 0.582. The Labute approximate surface area is 109 Å². The van der Waals surface area contributed by atoms with E-state index in [-0.39, 0.29) is 0 Å². The Morgan fingerprint density at radius 1 is 1.17 bits per heavy atom. The highest BCUT2D eigenvalue weighted by molar-refractivity contribution is 6.49. The molecule has 0 amide bonds. The molecule has 3 nitrogen and oxygen atoms in total. The summed E-state index contributed by atoms with van der Waals surface area (Å²) in [5.74, 6) is 0.860. The molecular formula is C14H16N2OSi. The van der Waals surface area contributed by atoms with Gasteiger partial charge in [0, 0.05) is 24.2 Å². The smallest absolute Gasteiger partial charge is 0.229 e. The van der Waals surface area contributed by atoms with Crippen molar-refractivity contribution in [1.29, 1.82) is 0 Å². The summed E-state index contributed by atoms with van der Waals surface area (Å²) in [4.78, 5) is 8.51. The van der Waals surface area contributed by atoms with E-state index in [1.54, 1.807) is 18.6 Å². The van der Waals surface area contributed by atoms with Gasteiger partial charge in [-0.1, -0.05) is 18.2 Å². The maximum Gasteiger partial charge on any atom is 0.229 e. The number of aromatic nitrogens is 1. The topological polar surface area (TPSA) is 34.5 Å². The molecule has 0 aliphatic rings. The van der Waals surface area contributed by atoms with E-state index in [0.717, 1.165) is 17.0 Å². The molecule has 0 radical (unpaired) electrons. The van der Waals surface area contributed by atoms with Crippen LogP contribution in [0.4, 0.5) is 5.69 Å². The second kappa shape index (κ2) is 6.12. The van der Waals surface area contributed by atoms with Crippen LogP contribution in [0.5, 0.6) is 5.75 Å². The van der Waals surface area contributed by atoms with Crippen LogP contribution in [0.25, 0.3) is 0 Å². The molecular weight excluding hydrogens is 240 g/mol. The van der Waals surface area contributed by atoms with E-state index in [1.165, 1.54) is 0 Å². The van der Waals surface area contributed by atoms with Gasteiger partial charge < -0.3 is 4.43 Å². The summed E-state index contributed by atoms with van der Waals surface area (Å²) in [6.45, 7) is 4.28. The van der Waals surface area contributed by atoms with E-state index in [2.05, 4.69) is 23.1 Å². The van der Waals surface area contributed by atoms with Crippen LogP contribution in [0, 0.1) is 0 Å². The van der Waals surface area contributed by atoms with Gasteiger partial charge in [0.2, 0.25) is 9.04 Å². The van der Waals surface area contributed by atoms with Gasteiger partial charge in [0.15, 0.2) is 0 Å². The molecule has 92 valence electrons. The summed E-state index contributed by atoms with van der Waals surface area (Å²) in [5.41, 5.74) is 1.84. The normalized spacial score (nSPS) is 11.1. The van der Waals surface area contributed by atoms with E-state index in [1.807, 2.05) is 36.4 Å². The molecule has 1 aromatic carbocycles. The Balaban J connectivity index is 2.21. The number of rotatable bonds is 4. The number of para-hydroxylation sites is 2. The molecule has 0 fully saturated rings. The monoisotopic (exact) mass is 256 g/mol. The quantitative estimate of drug-likeness (QED) is 0.622. The summed E-state index contributed by atoms with van der Waals surface area (Å²) < 4.78 is 5.84. The molecule has 0 saturated heterocycles. The highest BCUT2D eigenvalue weighted by Crippen LogP contribution is 2.27. The predicted octanol–water partition coefficient (Wildman–Crippen LogP) is 3.19. The highest BCUT2D eigenvalue weighted by atomic mass is 28.3. The number of aliphatic imine (C=N–C) groups is 1. The van der Waals surface area contributed by atoms with Gasteiger partial charge in [-0.25, -0.2) is 0 Å². The first-order chi connectivity index (χ1) is 8.75. The molecule has 0 bridgehead atoms. The first-order valence-electron chi connectivity index (χ1n) is 5.95. The Kier molecular flexibility index (Phi) is 4.25. The standard InChI is InChI=1S/C14H16N2OSi/c1-18(2)17-14-8-4-3-7-13(14)16-11-12-6-5-9-15-10-12/h3-11,18H,1-2H3. The number of nitrogens with zero attached hydrogens (tertiary/aromatic N) is 2. The minimum Gasteiger partial charge on any atom is -0.546 e. The van der Waals surface area contributed by atoms with Crippen molar-refractivity contribution in [2.24, 2.45) is 4.99 Å². The summed E-state index contributed by atoms with van der Waals surface area (Å²) in [6.07, 6.45) is 5.33. The third kappa shape index (κ3) is 3.53. The first kappa shape index (κ1) is 12.5. The third-order valence-corrected chi connectivity index (χ3v) is 2.99. The van der Waals surface area contributed by atoms with Crippen molar-refractivity contribution >= 4 is 20.9 Å². The first-order valence-corrected chi connectivity index (χ1v) is 8.73. The van der Waals surface area contributed by atoms with Crippen LogP contribution >= 0.6 is 0 Å². The Bertz CT molecular complexity index is 526. The van der Waals surface area contributed by atoms with Gasteiger partial charge in [-0.2, -0.15) is 0 Å². The van der Waals surface area contributed by atoms with Crippen molar-refractivity contribution in [3.8, 4) is 5.75 Å². The van der Waals surface area contributed by atoms with E-state index >= 15 is 0 Å². The maximum atomic E-state index is 5.84. The van der Waals surface area contributed by atoms with Gasteiger partial charge in [0.1, 0.15) is 11.4 Å². The van der Waals surface area contributed by atoms with Crippen LogP contribution in [-0.2, 0) is 0 Å². The van der Waals surface area contributed by atoms with Crippen molar-refractivity contribution < 1.29 is 4.43 Å². The molecule has 2 aromatic rings. The van der Waals surface area contributed by atoms with Gasteiger partial charge in [-0.05, 0) is 31.3 Å². The zero-order valence-corrected chi connectivity index (χ0v) is 11.7. The van der Waals surface area contributed by atoms with Crippen LogP contribution in [0.2, 0.25) is 13.1 Å². The molecule has 0 atom stereocenters. The van der Waals surface area contributed by atoms with Crippen LogP contribution in [0.3, 0.4) is 0 Å². The van der Waals surface area contributed by atoms with Crippen LogP contribution in [0.1, 0.15) is 5.56 Å². The molecule has 0 aliphatic heterocycles. The number of pyridine rings is 1. The van der Waals surface area contributed by atoms with Gasteiger partial charge in [0.05, 0.1) is 0 Å². The second-order valence-electron chi connectivity index (χ2n) is 4.18. The van der Waals surface area contributed by atoms with Crippen LogP contribution in [-0.4, -0.2) is 20.2 Å². The zero-order chi connectivity index (χ0) is 12.8. The van der Waals surface area contributed by atoms with Crippen molar-refractivity contribution in [2.45, 2.75) is 13.1 Å². The fraction of sp³-hybridized carbons (Fsp3) is 0.143. The molecule has 18 heavy (non-hydrogen) atoms. The lowest BCUT2D eigenvalue weighted by Crippen LogP contribution is -2.11. The molecule has 2 rings (SSSR count). The van der Waals surface area contributed by atoms with Crippen molar-refractivity contribution in [3.05, 3.63) is 54.4 Å². The molecule has 0 saturated carbocycles. The third-order valence-electron chi connectivity index (χ3n) is 2.27. The zero-order valence-electron chi connectivity index (χ0n) is 10.6. The van der Waals surface area contributed by atoms with E-state index in [0.29, 0.717) is 0 Å². The Morgan fingerprint density at radius 2 is 2.00 bits per heavy atom. The SMILES string of the molecule is C[SiH](C)Oc1ccccc1N=Cc1cccnc1. The van der Waals surface area contributed by atoms with Gasteiger partial charge in [-0.3, -0.25) is 9.98 Å². The van der Waals surface area contributed by atoms with Gasteiger partial charge in [-0.15, -0.1) is 0 Å². The van der Waals surface area contributed by atoms with E-state index in [4.69, 9.17) is 4.43 Å². The maximum absolute atomic E-state index is 5.84. The van der Waals surface area contributed by atoms with Crippen molar-refractivity contribution in [1.82, 2.24) is 4.98 Å². The summed E-state index contributed by atoms with van der Waals surface area (Å²) in [7, 11) is -1.11. The highest BCUT2D eigenvalue weighted by Gasteiger charge is 2.03. The average Bonchev–Trinajstić information content (AvgIpc) is 2.38. The fourth-order valence-corrected chi connectivity index (χ4v) is 2.22. The molecule has 0 N–H and O–H groups in total. The van der Waals surface area contributed by atoms with Crippen molar-refractivity contribution in [2.75, 3.05) is 0 Å². The largest absolute Gasteiger partial charge is 0.546 e. The Hall–Kier alpha value is -1.94. The molecule has 0 spiro atoms.